The summed E-state index contributed by atoms with van der Waals surface area (Å²) in [5.41, 5.74) is -2.10. The molecule has 0 spiro atoms. The van der Waals surface area contributed by atoms with Crippen LogP contribution < -0.4 is 4.74 Å². The van der Waals surface area contributed by atoms with Gasteiger partial charge in [-0.25, -0.2) is 14.2 Å². The quantitative estimate of drug-likeness (QED) is 0.270. The lowest BCUT2D eigenvalue weighted by Crippen LogP contribution is -2.31. The minimum absolute atomic E-state index is 0.00310. The van der Waals surface area contributed by atoms with Gasteiger partial charge >= 0.3 is 18.4 Å². The van der Waals surface area contributed by atoms with Crippen LogP contribution in [0.3, 0.4) is 0 Å². The Morgan fingerprint density at radius 2 is 1.64 bits per heavy atom. The molecule has 1 saturated heterocycles. The Morgan fingerprint density at radius 1 is 1.02 bits per heavy atom. The molecule has 0 saturated carbocycles. The molecule has 0 bridgehead atoms. The van der Waals surface area contributed by atoms with Gasteiger partial charge in [0.05, 0.1) is 30.8 Å². The summed E-state index contributed by atoms with van der Waals surface area (Å²) in [5, 5.41) is 9.44. The number of aromatic nitrogens is 1. The van der Waals surface area contributed by atoms with Crippen LogP contribution in [0.5, 0.6) is 5.75 Å². The molecule has 0 unspecified atom stereocenters. The molecule has 1 aromatic heterocycles. The van der Waals surface area contributed by atoms with Crippen LogP contribution >= 0.6 is 0 Å². The fraction of sp³-hybridized carbons (Fsp3) is 0.345. The summed E-state index contributed by atoms with van der Waals surface area (Å²) in [5.74, 6) is -0.580. The summed E-state index contributed by atoms with van der Waals surface area (Å²) in [4.78, 5) is 18.2. The molecule has 6 nitrogen and oxygen atoms in total. The van der Waals surface area contributed by atoms with Gasteiger partial charge in [0.1, 0.15) is 29.4 Å². The number of methoxy groups -OCH3 is 1. The van der Waals surface area contributed by atoms with Gasteiger partial charge in [0.25, 0.3) is 0 Å². The van der Waals surface area contributed by atoms with E-state index in [-0.39, 0.29) is 30.0 Å². The minimum atomic E-state index is -5.08. The number of nitriles is 1. The van der Waals surface area contributed by atoms with Crippen molar-refractivity contribution in [3.05, 3.63) is 81.9 Å². The summed E-state index contributed by atoms with van der Waals surface area (Å²) >= 11 is 0. The molecule has 1 aliphatic rings. The molecule has 0 N–H and O–H groups in total. The molecule has 3 aromatic rings. The molecule has 2 heterocycles. The standard InChI is InChI=1S/C29H24F7N3O3/c1-14(2)21-9-22(25(41-4)10-24(21)30)23-12-38-20(11-37)7-17(23)13-39-15(3)26(42-27(39)40)16-5-18(28(31,32)33)8-19(6-16)29(34,35)36/h5-10,12,14-15,26H,13H2,1-4H3/t15-,26-/m0/s1. The third-order valence-corrected chi connectivity index (χ3v) is 7.01. The number of alkyl halides is 6. The van der Waals surface area contributed by atoms with E-state index < -0.39 is 53.1 Å². The second-order valence-corrected chi connectivity index (χ2v) is 10.1. The Balaban J connectivity index is 1.78. The van der Waals surface area contributed by atoms with Crippen molar-refractivity contribution in [1.29, 1.82) is 5.26 Å². The number of hydrogen-bond donors (Lipinski definition) is 0. The fourth-order valence-corrected chi connectivity index (χ4v) is 4.81. The monoisotopic (exact) mass is 595 g/mol. The third-order valence-electron chi connectivity index (χ3n) is 7.01. The van der Waals surface area contributed by atoms with Crippen LogP contribution in [0.1, 0.15) is 66.3 Å². The number of halogens is 7. The highest BCUT2D eigenvalue weighted by Crippen LogP contribution is 2.42. The van der Waals surface area contributed by atoms with Crippen LogP contribution in [0.25, 0.3) is 11.1 Å². The number of rotatable bonds is 6. The van der Waals surface area contributed by atoms with Gasteiger partial charge in [0.2, 0.25) is 0 Å². The first kappa shape index (κ1) is 30.6. The van der Waals surface area contributed by atoms with Gasteiger partial charge in [0, 0.05) is 23.4 Å². The van der Waals surface area contributed by atoms with Gasteiger partial charge in [-0.2, -0.15) is 31.6 Å². The first-order chi connectivity index (χ1) is 19.5. The SMILES string of the molecule is COc1cc(F)c(C(C)C)cc1-c1cnc(C#N)cc1CN1C(=O)O[C@H](c2cc(C(F)(F)F)cc(C(F)(F)F)c2)[C@@H]1C. The summed E-state index contributed by atoms with van der Waals surface area (Å²) in [6.07, 6.45) is -11.3. The zero-order valence-corrected chi connectivity index (χ0v) is 22.7. The number of pyridine rings is 1. The Kier molecular flexibility index (Phi) is 8.13. The highest BCUT2D eigenvalue weighted by molar-refractivity contribution is 5.76. The number of ether oxygens (including phenoxy) is 2. The molecule has 2 atom stereocenters. The molecule has 0 radical (unpaired) electrons. The van der Waals surface area contributed by atoms with E-state index in [4.69, 9.17) is 9.47 Å². The lowest BCUT2D eigenvalue weighted by atomic mass is 9.93. The van der Waals surface area contributed by atoms with E-state index in [2.05, 4.69) is 4.98 Å². The number of amides is 1. The second-order valence-electron chi connectivity index (χ2n) is 10.1. The van der Waals surface area contributed by atoms with Crippen LogP contribution in [-0.2, 0) is 23.6 Å². The zero-order valence-electron chi connectivity index (χ0n) is 22.7. The summed E-state index contributed by atoms with van der Waals surface area (Å²) in [6.45, 7) is 4.73. The number of nitrogens with zero attached hydrogens (tertiary/aromatic N) is 3. The van der Waals surface area contributed by atoms with Gasteiger partial charge < -0.3 is 9.47 Å². The molecule has 13 heteroatoms. The van der Waals surface area contributed by atoms with Crippen molar-refractivity contribution in [2.45, 2.75) is 57.7 Å². The normalized spacial score (nSPS) is 17.4. The van der Waals surface area contributed by atoms with Crippen LogP contribution in [0.4, 0.5) is 35.5 Å². The number of hydrogen-bond acceptors (Lipinski definition) is 5. The van der Waals surface area contributed by atoms with Crippen LogP contribution in [-0.4, -0.2) is 29.1 Å². The first-order valence-corrected chi connectivity index (χ1v) is 12.6. The zero-order chi connectivity index (χ0) is 31.1. The molecule has 1 aliphatic heterocycles. The molecule has 2 aromatic carbocycles. The number of benzene rings is 2. The van der Waals surface area contributed by atoms with E-state index >= 15 is 0 Å². The maximum absolute atomic E-state index is 14.7. The van der Waals surface area contributed by atoms with Crippen molar-refractivity contribution in [3.63, 3.8) is 0 Å². The van der Waals surface area contributed by atoms with E-state index in [1.165, 1.54) is 32.4 Å². The molecule has 42 heavy (non-hydrogen) atoms. The maximum atomic E-state index is 14.7. The lowest BCUT2D eigenvalue weighted by molar-refractivity contribution is -0.143. The maximum Gasteiger partial charge on any atom is 0.416 e. The van der Waals surface area contributed by atoms with Crippen molar-refractivity contribution in [2.75, 3.05) is 7.11 Å². The van der Waals surface area contributed by atoms with Crippen LogP contribution in [0.2, 0.25) is 0 Å². The van der Waals surface area contributed by atoms with E-state index in [1.54, 1.807) is 19.9 Å². The van der Waals surface area contributed by atoms with E-state index in [1.807, 2.05) is 6.07 Å². The topological polar surface area (TPSA) is 75.5 Å². The largest absolute Gasteiger partial charge is 0.496 e. The van der Waals surface area contributed by atoms with Gasteiger partial charge in [-0.15, -0.1) is 0 Å². The smallest absolute Gasteiger partial charge is 0.416 e. The van der Waals surface area contributed by atoms with Crippen molar-refractivity contribution in [1.82, 2.24) is 9.88 Å². The lowest BCUT2D eigenvalue weighted by Gasteiger charge is -2.24. The van der Waals surface area contributed by atoms with Crippen LogP contribution in [0, 0.1) is 17.1 Å². The average Bonchev–Trinajstić information content (AvgIpc) is 3.20. The first-order valence-electron chi connectivity index (χ1n) is 12.6. The summed E-state index contributed by atoms with van der Waals surface area (Å²) in [6, 6.07) is 6.05. The molecule has 0 aliphatic carbocycles. The van der Waals surface area contributed by atoms with Gasteiger partial charge in [-0.1, -0.05) is 13.8 Å². The average molecular weight is 596 g/mol. The van der Waals surface area contributed by atoms with E-state index in [0.717, 1.165) is 4.90 Å². The van der Waals surface area contributed by atoms with Crippen molar-refractivity contribution in [3.8, 4) is 22.9 Å². The number of cyclic esters (lactones) is 1. The van der Waals surface area contributed by atoms with Gasteiger partial charge in [-0.3, -0.25) is 4.90 Å². The highest BCUT2D eigenvalue weighted by atomic mass is 19.4. The molecule has 1 amide bonds. The molecular weight excluding hydrogens is 571 g/mol. The molecule has 1 fully saturated rings. The van der Waals surface area contributed by atoms with E-state index in [9.17, 15) is 40.8 Å². The predicted molar refractivity (Wildman–Crippen MR) is 136 cm³/mol. The van der Waals surface area contributed by atoms with Crippen molar-refractivity contribution < 1.29 is 45.0 Å². The second kappa shape index (κ2) is 11.2. The van der Waals surface area contributed by atoms with Gasteiger partial charge in [0.15, 0.2) is 0 Å². The summed E-state index contributed by atoms with van der Waals surface area (Å²) < 4.78 is 106. The van der Waals surface area contributed by atoms with Crippen molar-refractivity contribution in [2.24, 2.45) is 0 Å². The van der Waals surface area contributed by atoms with E-state index in [0.29, 0.717) is 34.4 Å². The van der Waals surface area contributed by atoms with Crippen molar-refractivity contribution >= 4 is 6.09 Å². The van der Waals surface area contributed by atoms with Crippen LogP contribution in [0.15, 0.2) is 42.6 Å². The fourth-order valence-electron chi connectivity index (χ4n) is 4.81. The Bertz CT molecular complexity index is 1530. The minimum Gasteiger partial charge on any atom is -0.496 e. The molecule has 222 valence electrons. The predicted octanol–water partition coefficient (Wildman–Crippen LogP) is 8.01. The van der Waals surface area contributed by atoms with Gasteiger partial charge in [-0.05, 0) is 59.9 Å². The summed E-state index contributed by atoms with van der Waals surface area (Å²) in [7, 11) is 1.33. The molecular formula is C29H24F7N3O3. The molecule has 4 rings (SSSR count). The third kappa shape index (κ3) is 5.98. The number of carbonyl (C=O) groups is 1. The highest BCUT2D eigenvalue weighted by Gasteiger charge is 2.43. The Morgan fingerprint density at radius 3 is 2.17 bits per heavy atom. The number of carbonyl (C=O) groups excluding carboxylic acids is 1. The Hall–Kier alpha value is -4.34. The Labute approximate surface area is 236 Å².